The number of hydrogen-bond donors (Lipinski definition) is 2. The second-order valence-electron chi connectivity index (χ2n) is 7.31. The lowest BCUT2D eigenvalue weighted by molar-refractivity contribution is 0.287. The fourth-order valence-corrected chi connectivity index (χ4v) is 5.13. The first-order valence-corrected chi connectivity index (χ1v) is 11.1. The van der Waals surface area contributed by atoms with Gasteiger partial charge in [0.15, 0.2) is 5.65 Å². The zero-order chi connectivity index (χ0) is 19.6. The summed E-state index contributed by atoms with van der Waals surface area (Å²) in [6.07, 6.45) is 5.00. The Bertz CT molecular complexity index is 1060. The van der Waals surface area contributed by atoms with Gasteiger partial charge in [-0.05, 0) is 29.9 Å². The lowest BCUT2D eigenvalue weighted by Crippen LogP contribution is -2.38. The summed E-state index contributed by atoms with van der Waals surface area (Å²) in [7, 11) is -3.33. The topological polar surface area (TPSA) is 104 Å². The number of rotatable bonds is 6. The van der Waals surface area contributed by atoms with E-state index < -0.39 is 10.0 Å². The van der Waals surface area contributed by atoms with Crippen molar-refractivity contribution < 1.29 is 8.42 Å². The van der Waals surface area contributed by atoms with Gasteiger partial charge in [-0.3, -0.25) is 5.10 Å². The zero-order valence-electron chi connectivity index (χ0n) is 15.8. The molecule has 3 heterocycles. The summed E-state index contributed by atoms with van der Waals surface area (Å²) in [6, 6.07) is 7.63. The molecule has 0 amide bonds. The largest absolute Gasteiger partial charge is 0.365 e. The van der Waals surface area contributed by atoms with Gasteiger partial charge in [0.2, 0.25) is 10.0 Å². The van der Waals surface area contributed by atoms with Crippen LogP contribution in [0.4, 0.5) is 5.82 Å². The normalized spacial score (nSPS) is 16.5. The molecule has 148 valence electrons. The molecule has 0 spiro atoms. The molecule has 4 rings (SSSR count). The van der Waals surface area contributed by atoms with Crippen LogP contribution in [0.5, 0.6) is 0 Å². The van der Waals surface area contributed by atoms with Crippen molar-refractivity contribution in [1.82, 2.24) is 24.5 Å². The van der Waals surface area contributed by atoms with Crippen LogP contribution in [-0.2, 0) is 22.3 Å². The standard InChI is InChI=1S/C19H24N6O2S/c1-14-6-8-25(9-7-14)28(26,27)12-16-5-3-2-4-15(16)10-20-18-17-11-23-24-19(17)22-13-21-18/h2-5,11,13-14H,6-10,12H2,1H3,(H2,20,21,22,23,24). The lowest BCUT2D eigenvalue weighted by Gasteiger charge is -2.29. The molecule has 8 nitrogen and oxygen atoms in total. The number of H-pyrrole nitrogens is 1. The Morgan fingerprint density at radius 3 is 2.71 bits per heavy atom. The number of hydrogen-bond acceptors (Lipinski definition) is 6. The zero-order valence-corrected chi connectivity index (χ0v) is 16.6. The number of nitrogens with zero attached hydrogens (tertiary/aromatic N) is 4. The molecule has 9 heteroatoms. The third-order valence-electron chi connectivity index (χ3n) is 5.29. The Hall–Kier alpha value is -2.52. The van der Waals surface area contributed by atoms with Gasteiger partial charge in [-0.15, -0.1) is 0 Å². The molecule has 1 aliphatic heterocycles. The van der Waals surface area contributed by atoms with Crippen LogP contribution in [0, 0.1) is 5.92 Å². The summed E-state index contributed by atoms with van der Waals surface area (Å²) >= 11 is 0. The van der Waals surface area contributed by atoms with Crippen molar-refractivity contribution >= 4 is 26.9 Å². The van der Waals surface area contributed by atoms with Crippen LogP contribution < -0.4 is 5.32 Å². The highest BCUT2D eigenvalue weighted by Gasteiger charge is 2.27. The lowest BCUT2D eigenvalue weighted by atomic mass is 10.0. The number of aromatic nitrogens is 4. The van der Waals surface area contributed by atoms with Crippen LogP contribution >= 0.6 is 0 Å². The van der Waals surface area contributed by atoms with Crippen LogP contribution in [0.15, 0.2) is 36.8 Å². The summed E-state index contributed by atoms with van der Waals surface area (Å²) in [5.41, 5.74) is 2.41. The molecule has 1 saturated heterocycles. The first kappa shape index (κ1) is 18.8. The van der Waals surface area contributed by atoms with Gasteiger partial charge in [0.25, 0.3) is 0 Å². The van der Waals surface area contributed by atoms with Gasteiger partial charge in [-0.2, -0.15) is 5.10 Å². The van der Waals surface area contributed by atoms with Gasteiger partial charge in [-0.1, -0.05) is 31.2 Å². The number of fused-ring (bicyclic) bond motifs is 1. The molecule has 28 heavy (non-hydrogen) atoms. The molecule has 0 bridgehead atoms. The summed E-state index contributed by atoms with van der Waals surface area (Å²) in [4.78, 5) is 8.40. The van der Waals surface area contributed by atoms with Crippen LogP contribution in [0.25, 0.3) is 11.0 Å². The molecule has 0 saturated carbocycles. The van der Waals surface area contributed by atoms with E-state index in [9.17, 15) is 8.42 Å². The van der Waals surface area contributed by atoms with Crippen molar-refractivity contribution in [2.24, 2.45) is 5.92 Å². The van der Waals surface area contributed by atoms with E-state index in [1.165, 1.54) is 6.33 Å². The van der Waals surface area contributed by atoms with E-state index in [-0.39, 0.29) is 5.75 Å². The third-order valence-corrected chi connectivity index (χ3v) is 7.11. The molecule has 0 aliphatic carbocycles. The average Bonchev–Trinajstić information content (AvgIpc) is 3.17. The first-order valence-electron chi connectivity index (χ1n) is 9.45. The van der Waals surface area contributed by atoms with Crippen LogP contribution in [0.3, 0.4) is 0 Å². The second-order valence-corrected chi connectivity index (χ2v) is 9.28. The Kier molecular flexibility index (Phi) is 5.27. The SMILES string of the molecule is CC1CCN(S(=O)(=O)Cc2ccccc2CNc2ncnc3[nH]ncc23)CC1. The Morgan fingerprint density at radius 2 is 1.93 bits per heavy atom. The van der Waals surface area contributed by atoms with E-state index in [0.717, 1.165) is 29.4 Å². The monoisotopic (exact) mass is 400 g/mol. The van der Waals surface area contributed by atoms with E-state index in [2.05, 4.69) is 32.4 Å². The van der Waals surface area contributed by atoms with Crippen LogP contribution in [0.1, 0.15) is 30.9 Å². The number of benzene rings is 1. The number of nitrogens with one attached hydrogen (secondary N) is 2. The highest BCUT2D eigenvalue weighted by molar-refractivity contribution is 7.88. The van der Waals surface area contributed by atoms with Crippen molar-refractivity contribution in [3.8, 4) is 0 Å². The summed E-state index contributed by atoms with van der Waals surface area (Å²) in [5, 5.41) is 10.9. The molecule has 1 fully saturated rings. The minimum Gasteiger partial charge on any atom is -0.365 e. The number of sulfonamides is 1. The minimum atomic E-state index is -3.33. The number of anilines is 1. The Morgan fingerprint density at radius 1 is 1.18 bits per heavy atom. The quantitative estimate of drug-likeness (QED) is 0.659. The number of aromatic amines is 1. The summed E-state index contributed by atoms with van der Waals surface area (Å²) in [5.74, 6) is 1.28. The van der Waals surface area contributed by atoms with Gasteiger partial charge in [-0.25, -0.2) is 22.7 Å². The average molecular weight is 401 g/mol. The minimum absolute atomic E-state index is 0.0180. The Labute approximate surface area is 164 Å². The smallest absolute Gasteiger partial charge is 0.218 e. The van der Waals surface area contributed by atoms with E-state index in [1.54, 1.807) is 10.5 Å². The molecule has 2 N–H and O–H groups in total. The summed E-state index contributed by atoms with van der Waals surface area (Å²) in [6.45, 7) is 3.88. The van der Waals surface area contributed by atoms with E-state index in [0.29, 0.717) is 37.0 Å². The molecule has 2 aromatic heterocycles. The number of piperidine rings is 1. The first-order chi connectivity index (χ1) is 13.5. The van der Waals surface area contributed by atoms with Gasteiger partial charge >= 0.3 is 0 Å². The maximum atomic E-state index is 12.9. The molecular formula is C19H24N6O2S. The van der Waals surface area contributed by atoms with Crippen molar-refractivity contribution in [2.75, 3.05) is 18.4 Å². The van der Waals surface area contributed by atoms with E-state index in [4.69, 9.17) is 0 Å². The maximum absolute atomic E-state index is 12.9. The van der Waals surface area contributed by atoms with Crippen molar-refractivity contribution in [1.29, 1.82) is 0 Å². The van der Waals surface area contributed by atoms with E-state index >= 15 is 0 Å². The maximum Gasteiger partial charge on any atom is 0.218 e. The molecule has 3 aromatic rings. The highest BCUT2D eigenvalue weighted by atomic mass is 32.2. The van der Waals surface area contributed by atoms with Gasteiger partial charge in [0, 0.05) is 19.6 Å². The molecule has 1 aromatic carbocycles. The van der Waals surface area contributed by atoms with Crippen molar-refractivity contribution in [3.05, 3.63) is 47.9 Å². The van der Waals surface area contributed by atoms with Crippen LogP contribution in [0.2, 0.25) is 0 Å². The predicted molar refractivity (Wildman–Crippen MR) is 108 cm³/mol. The highest BCUT2D eigenvalue weighted by Crippen LogP contribution is 2.23. The predicted octanol–water partition coefficient (Wildman–Crippen LogP) is 2.53. The molecular weight excluding hydrogens is 376 g/mol. The van der Waals surface area contributed by atoms with Gasteiger partial charge < -0.3 is 5.32 Å². The molecule has 0 radical (unpaired) electrons. The molecule has 0 unspecified atom stereocenters. The molecule has 1 aliphatic rings. The fourth-order valence-electron chi connectivity index (χ4n) is 3.51. The van der Waals surface area contributed by atoms with Crippen molar-refractivity contribution in [2.45, 2.75) is 32.1 Å². The van der Waals surface area contributed by atoms with Crippen molar-refractivity contribution in [3.63, 3.8) is 0 Å². The summed E-state index contributed by atoms with van der Waals surface area (Å²) < 4.78 is 27.4. The van der Waals surface area contributed by atoms with E-state index in [1.807, 2.05) is 24.3 Å². The Balaban J connectivity index is 1.50. The fraction of sp³-hybridized carbons (Fsp3) is 0.421. The molecule has 0 atom stereocenters. The van der Waals surface area contributed by atoms with Gasteiger partial charge in [0.05, 0.1) is 17.3 Å². The van der Waals surface area contributed by atoms with Crippen LogP contribution in [-0.4, -0.2) is 46.0 Å². The third kappa shape index (κ3) is 4.00. The van der Waals surface area contributed by atoms with Gasteiger partial charge in [0.1, 0.15) is 12.1 Å². The second kappa shape index (κ2) is 7.84.